The first kappa shape index (κ1) is 12.6. The zero-order chi connectivity index (χ0) is 13.1. The van der Waals surface area contributed by atoms with Crippen LogP contribution in [0.2, 0.25) is 5.02 Å². The van der Waals surface area contributed by atoms with E-state index in [0.29, 0.717) is 5.02 Å². The Morgan fingerprint density at radius 1 is 1.33 bits per heavy atom. The van der Waals surface area contributed by atoms with E-state index in [0.717, 1.165) is 5.56 Å². The van der Waals surface area contributed by atoms with Gasteiger partial charge >= 0.3 is 5.88 Å². The van der Waals surface area contributed by atoms with Crippen molar-refractivity contribution in [1.82, 2.24) is 0 Å². The topological polar surface area (TPSA) is 76.5 Å². The minimum absolute atomic E-state index is 0.154. The van der Waals surface area contributed by atoms with Crippen LogP contribution < -0.4 is 0 Å². The van der Waals surface area contributed by atoms with Crippen molar-refractivity contribution in [2.45, 2.75) is 12.5 Å². The van der Waals surface area contributed by atoms with E-state index in [1.54, 1.807) is 24.3 Å². The highest BCUT2D eigenvalue weighted by Crippen LogP contribution is 2.26. The van der Waals surface area contributed by atoms with Gasteiger partial charge in [0.15, 0.2) is 0 Å². The molecular formula is C12H10ClNO4. The van der Waals surface area contributed by atoms with Crippen molar-refractivity contribution in [3.8, 4) is 0 Å². The third kappa shape index (κ3) is 2.69. The van der Waals surface area contributed by atoms with Crippen LogP contribution in [0.1, 0.15) is 17.4 Å². The second kappa shape index (κ2) is 5.20. The van der Waals surface area contributed by atoms with E-state index < -0.39 is 11.0 Å². The van der Waals surface area contributed by atoms with Gasteiger partial charge in [-0.25, -0.2) is 0 Å². The molecule has 0 saturated heterocycles. The summed E-state index contributed by atoms with van der Waals surface area (Å²) in [6, 6.07) is 9.69. The summed E-state index contributed by atoms with van der Waals surface area (Å²) in [4.78, 5) is 9.81. The zero-order valence-electron chi connectivity index (χ0n) is 9.25. The molecule has 0 aliphatic rings. The Hall–Kier alpha value is -1.85. The minimum Gasteiger partial charge on any atom is -0.403 e. The molecule has 0 fully saturated rings. The van der Waals surface area contributed by atoms with E-state index in [2.05, 4.69) is 0 Å². The average Bonchev–Trinajstić information content (AvgIpc) is 2.81. The molecule has 0 amide bonds. The Kier molecular flexibility index (Phi) is 3.64. The highest BCUT2D eigenvalue weighted by molar-refractivity contribution is 6.31. The molecule has 1 unspecified atom stereocenters. The first-order valence-corrected chi connectivity index (χ1v) is 5.61. The lowest BCUT2D eigenvalue weighted by Crippen LogP contribution is -2.00. The number of benzene rings is 1. The third-order valence-corrected chi connectivity index (χ3v) is 2.86. The van der Waals surface area contributed by atoms with E-state index in [-0.39, 0.29) is 18.1 Å². The molecule has 1 N–H and O–H groups in total. The van der Waals surface area contributed by atoms with Gasteiger partial charge in [0.25, 0.3) is 0 Å². The molecule has 0 spiro atoms. The van der Waals surface area contributed by atoms with Gasteiger partial charge in [-0.1, -0.05) is 29.8 Å². The predicted molar refractivity (Wildman–Crippen MR) is 65.5 cm³/mol. The normalized spacial score (nSPS) is 12.3. The summed E-state index contributed by atoms with van der Waals surface area (Å²) in [5.74, 6) is -0.232. The smallest absolute Gasteiger partial charge is 0.403 e. The maximum Gasteiger partial charge on any atom is 0.433 e. The number of furan rings is 1. The van der Waals surface area contributed by atoms with Crippen LogP contribution in [0, 0.1) is 10.1 Å². The third-order valence-electron chi connectivity index (χ3n) is 2.49. The molecule has 0 aliphatic heterocycles. The van der Waals surface area contributed by atoms with E-state index in [1.165, 1.54) is 12.1 Å². The van der Waals surface area contributed by atoms with Crippen molar-refractivity contribution < 1.29 is 14.4 Å². The Morgan fingerprint density at radius 3 is 2.67 bits per heavy atom. The molecule has 0 bridgehead atoms. The molecule has 1 heterocycles. The monoisotopic (exact) mass is 267 g/mol. The van der Waals surface area contributed by atoms with Gasteiger partial charge in [-0.05, 0) is 17.7 Å². The number of rotatable bonds is 4. The number of aliphatic hydroxyl groups excluding tert-OH is 1. The van der Waals surface area contributed by atoms with Crippen LogP contribution in [0.25, 0.3) is 0 Å². The molecule has 2 rings (SSSR count). The van der Waals surface area contributed by atoms with Crippen molar-refractivity contribution >= 4 is 17.5 Å². The summed E-state index contributed by atoms with van der Waals surface area (Å²) in [7, 11) is 0. The molecule has 1 aromatic heterocycles. The number of nitro groups is 1. The highest BCUT2D eigenvalue weighted by atomic mass is 35.5. The fourth-order valence-corrected chi connectivity index (χ4v) is 1.81. The maximum absolute atomic E-state index is 10.5. The lowest BCUT2D eigenvalue weighted by atomic mass is 10.1. The van der Waals surface area contributed by atoms with Gasteiger partial charge in [0.1, 0.15) is 16.8 Å². The molecule has 94 valence electrons. The molecule has 1 atom stereocenters. The van der Waals surface area contributed by atoms with Crippen LogP contribution in [0.5, 0.6) is 0 Å². The number of hydrogen-bond acceptors (Lipinski definition) is 4. The van der Waals surface area contributed by atoms with Crippen LogP contribution in [0.4, 0.5) is 5.88 Å². The first-order valence-electron chi connectivity index (χ1n) is 5.23. The van der Waals surface area contributed by atoms with E-state index in [1.807, 2.05) is 0 Å². The fraction of sp³-hybridized carbons (Fsp3) is 0.167. The van der Waals surface area contributed by atoms with Gasteiger partial charge in [-0.15, -0.1) is 0 Å². The van der Waals surface area contributed by atoms with E-state index >= 15 is 0 Å². The van der Waals surface area contributed by atoms with Crippen molar-refractivity contribution in [2.24, 2.45) is 0 Å². The SMILES string of the molecule is O=[N+]([O-])c1ccc(C(O)Cc2ccccc2Cl)o1. The molecule has 0 aliphatic carbocycles. The van der Waals surface area contributed by atoms with Gasteiger partial charge in [-0.2, -0.15) is 0 Å². The Morgan fingerprint density at radius 2 is 2.06 bits per heavy atom. The summed E-state index contributed by atoms with van der Waals surface area (Å²) in [5, 5.41) is 20.9. The number of halogens is 1. The van der Waals surface area contributed by atoms with Gasteiger partial charge in [0, 0.05) is 11.4 Å². The van der Waals surface area contributed by atoms with Crippen molar-refractivity contribution in [1.29, 1.82) is 0 Å². The fourth-order valence-electron chi connectivity index (χ4n) is 1.59. The minimum atomic E-state index is -0.960. The van der Waals surface area contributed by atoms with Crippen molar-refractivity contribution in [3.05, 3.63) is 62.9 Å². The molecular weight excluding hydrogens is 258 g/mol. The maximum atomic E-state index is 10.5. The van der Waals surface area contributed by atoms with Gasteiger partial charge in [0.05, 0.1) is 6.07 Å². The summed E-state index contributed by atoms with van der Waals surface area (Å²) >= 11 is 5.96. The number of aliphatic hydroxyl groups is 1. The molecule has 0 radical (unpaired) electrons. The summed E-state index contributed by atoms with van der Waals surface area (Å²) in [5.41, 5.74) is 0.755. The van der Waals surface area contributed by atoms with E-state index in [4.69, 9.17) is 16.0 Å². The molecule has 0 saturated carbocycles. The largest absolute Gasteiger partial charge is 0.433 e. The number of nitrogens with zero attached hydrogens (tertiary/aromatic N) is 1. The summed E-state index contributed by atoms with van der Waals surface area (Å²) in [6.07, 6.45) is -0.719. The molecule has 2 aromatic rings. The van der Waals surface area contributed by atoms with Gasteiger partial charge < -0.3 is 9.52 Å². The van der Waals surface area contributed by atoms with Gasteiger partial charge in [-0.3, -0.25) is 10.1 Å². The number of hydrogen-bond donors (Lipinski definition) is 1. The van der Waals surface area contributed by atoms with Crippen molar-refractivity contribution in [2.75, 3.05) is 0 Å². The molecule has 18 heavy (non-hydrogen) atoms. The summed E-state index contributed by atoms with van der Waals surface area (Å²) in [6.45, 7) is 0. The standard InChI is InChI=1S/C12H10ClNO4/c13-9-4-2-1-3-8(9)7-10(15)11-5-6-12(18-11)14(16)17/h1-6,10,15H,7H2. The quantitative estimate of drug-likeness (QED) is 0.682. The van der Waals surface area contributed by atoms with Crippen LogP contribution in [-0.4, -0.2) is 10.0 Å². The average molecular weight is 268 g/mol. The van der Waals surface area contributed by atoms with E-state index in [9.17, 15) is 15.2 Å². The molecule has 6 heteroatoms. The Bertz CT molecular complexity index is 567. The molecule has 5 nitrogen and oxygen atoms in total. The highest BCUT2D eigenvalue weighted by Gasteiger charge is 2.18. The summed E-state index contributed by atoms with van der Waals surface area (Å²) < 4.78 is 4.93. The van der Waals surface area contributed by atoms with Gasteiger partial charge in [0.2, 0.25) is 0 Å². The van der Waals surface area contributed by atoms with Crippen LogP contribution >= 0.6 is 11.6 Å². The molecule has 1 aromatic carbocycles. The Labute approximate surface area is 108 Å². The van der Waals surface area contributed by atoms with Crippen LogP contribution in [-0.2, 0) is 6.42 Å². The van der Waals surface area contributed by atoms with Crippen LogP contribution in [0.15, 0.2) is 40.8 Å². The lowest BCUT2D eigenvalue weighted by molar-refractivity contribution is -0.402. The first-order chi connectivity index (χ1) is 8.58. The zero-order valence-corrected chi connectivity index (χ0v) is 10.0. The lowest BCUT2D eigenvalue weighted by Gasteiger charge is -2.08. The van der Waals surface area contributed by atoms with Crippen LogP contribution in [0.3, 0.4) is 0 Å². The Balaban J connectivity index is 2.14. The second-order valence-electron chi connectivity index (χ2n) is 3.74. The van der Waals surface area contributed by atoms with Crippen molar-refractivity contribution in [3.63, 3.8) is 0 Å². The predicted octanol–water partition coefficient (Wildman–Crippen LogP) is 3.12. The second-order valence-corrected chi connectivity index (χ2v) is 4.15.